The van der Waals surface area contributed by atoms with Gasteiger partial charge in [0, 0.05) is 24.2 Å². The van der Waals surface area contributed by atoms with Crippen LogP contribution in [0.5, 0.6) is 0 Å². The van der Waals surface area contributed by atoms with Gasteiger partial charge in [-0.3, -0.25) is 14.5 Å². The lowest BCUT2D eigenvalue weighted by atomic mass is 9.82. The maximum Gasteiger partial charge on any atom is 0.326 e. The summed E-state index contributed by atoms with van der Waals surface area (Å²) in [5.41, 5.74) is -0.130. The van der Waals surface area contributed by atoms with Gasteiger partial charge in [-0.1, -0.05) is 78.3 Å². The van der Waals surface area contributed by atoms with Gasteiger partial charge in [0.05, 0.1) is 0 Å². The van der Waals surface area contributed by atoms with E-state index >= 15 is 0 Å². The number of hydrogen-bond acceptors (Lipinski definition) is 3. The maximum absolute atomic E-state index is 14.1. The van der Waals surface area contributed by atoms with E-state index < -0.39 is 35.7 Å². The van der Waals surface area contributed by atoms with E-state index in [1.54, 1.807) is 48.5 Å². The minimum atomic E-state index is -1.45. The number of hydrogen-bond donors (Lipinski definition) is 1. The number of imide groups is 1. The first-order chi connectivity index (χ1) is 15.8. The second kappa shape index (κ2) is 9.03. The second-order valence-corrected chi connectivity index (χ2v) is 8.16. The van der Waals surface area contributed by atoms with E-state index in [4.69, 9.17) is 11.6 Å². The van der Waals surface area contributed by atoms with Crippen molar-refractivity contribution in [2.75, 3.05) is 13.6 Å². The average Bonchev–Trinajstić information content (AvgIpc) is 3.08. The molecule has 33 heavy (non-hydrogen) atoms. The molecule has 0 saturated carbocycles. The lowest BCUT2D eigenvalue weighted by Crippen LogP contribution is -2.46. The van der Waals surface area contributed by atoms with Gasteiger partial charge in [0.15, 0.2) is 5.54 Å². The molecule has 0 aromatic heterocycles. The van der Waals surface area contributed by atoms with Crippen LogP contribution in [-0.2, 0) is 21.7 Å². The van der Waals surface area contributed by atoms with Crippen LogP contribution in [0.3, 0.4) is 0 Å². The third-order valence-electron chi connectivity index (χ3n) is 5.70. The van der Waals surface area contributed by atoms with E-state index in [0.717, 1.165) is 4.90 Å². The number of carbonyl (C=O) groups excluding carboxylic acids is 3. The van der Waals surface area contributed by atoms with Crippen molar-refractivity contribution >= 4 is 29.4 Å². The highest BCUT2D eigenvalue weighted by atomic mass is 35.5. The molecule has 0 spiro atoms. The molecule has 0 bridgehead atoms. The Balaban J connectivity index is 1.61. The zero-order chi connectivity index (χ0) is 23.6. The van der Waals surface area contributed by atoms with Gasteiger partial charge in [0.1, 0.15) is 12.4 Å². The molecule has 1 aliphatic rings. The highest BCUT2D eigenvalue weighted by molar-refractivity contribution is 6.31. The summed E-state index contributed by atoms with van der Waals surface area (Å²) in [7, 11) is 1.46. The second-order valence-electron chi connectivity index (χ2n) is 7.75. The van der Waals surface area contributed by atoms with E-state index in [0.29, 0.717) is 11.1 Å². The Labute approximate surface area is 195 Å². The van der Waals surface area contributed by atoms with Gasteiger partial charge in [0.2, 0.25) is 5.91 Å². The fraction of sp³-hybridized carbons (Fsp3) is 0.160. The minimum Gasteiger partial charge on any atom is -0.340 e. The van der Waals surface area contributed by atoms with Crippen molar-refractivity contribution in [3.05, 3.63) is 106 Å². The standard InChI is InChI=1S/C25H21ClFN3O3/c1-29(15-19-20(26)13-8-14-21(19)27)22(31)16-30-23(32)25(28-24(30)33,17-9-4-2-5-10-17)18-11-6-3-7-12-18/h2-14H,15-16H2,1H3,(H,28,33). The van der Waals surface area contributed by atoms with Gasteiger partial charge in [-0.05, 0) is 23.3 Å². The molecular formula is C25H21ClFN3O3. The van der Waals surface area contributed by atoms with Crippen molar-refractivity contribution in [2.24, 2.45) is 0 Å². The van der Waals surface area contributed by atoms with E-state index in [1.807, 2.05) is 12.1 Å². The van der Waals surface area contributed by atoms with Crippen molar-refractivity contribution in [1.29, 1.82) is 0 Å². The van der Waals surface area contributed by atoms with Crippen LogP contribution in [0.15, 0.2) is 78.9 Å². The summed E-state index contributed by atoms with van der Waals surface area (Å²) in [6, 6.07) is 21.3. The van der Waals surface area contributed by atoms with Crippen molar-refractivity contribution in [2.45, 2.75) is 12.1 Å². The Morgan fingerprint density at radius 3 is 2.09 bits per heavy atom. The number of nitrogens with one attached hydrogen (secondary N) is 1. The first-order valence-electron chi connectivity index (χ1n) is 10.3. The molecule has 0 atom stereocenters. The highest BCUT2D eigenvalue weighted by Gasteiger charge is 2.54. The predicted octanol–water partition coefficient (Wildman–Crippen LogP) is 3.93. The number of rotatable bonds is 6. The van der Waals surface area contributed by atoms with Crippen LogP contribution >= 0.6 is 11.6 Å². The lowest BCUT2D eigenvalue weighted by molar-refractivity contribution is -0.138. The summed E-state index contributed by atoms with van der Waals surface area (Å²) >= 11 is 6.06. The normalized spacial score (nSPS) is 14.8. The maximum atomic E-state index is 14.1. The van der Waals surface area contributed by atoms with Gasteiger partial charge in [-0.25, -0.2) is 9.18 Å². The lowest BCUT2D eigenvalue weighted by Gasteiger charge is -2.28. The van der Waals surface area contributed by atoms with Crippen LogP contribution in [-0.4, -0.2) is 41.2 Å². The van der Waals surface area contributed by atoms with Gasteiger partial charge in [-0.2, -0.15) is 0 Å². The number of benzene rings is 3. The molecule has 4 amide bonds. The Morgan fingerprint density at radius 1 is 0.970 bits per heavy atom. The molecule has 1 heterocycles. The number of nitrogens with zero attached hydrogens (tertiary/aromatic N) is 2. The Hall–Kier alpha value is -3.71. The monoisotopic (exact) mass is 465 g/mol. The van der Waals surface area contributed by atoms with Gasteiger partial charge >= 0.3 is 6.03 Å². The van der Waals surface area contributed by atoms with Crippen molar-refractivity contribution < 1.29 is 18.8 Å². The van der Waals surface area contributed by atoms with E-state index in [9.17, 15) is 18.8 Å². The summed E-state index contributed by atoms with van der Waals surface area (Å²) in [6.07, 6.45) is 0. The molecule has 1 saturated heterocycles. The Morgan fingerprint density at radius 2 is 1.55 bits per heavy atom. The number of amides is 4. The quantitative estimate of drug-likeness (QED) is 0.561. The van der Waals surface area contributed by atoms with Crippen LogP contribution in [0.1, 0.15) is 16.7 Å². The van der Waals surface area contributed by atoms with E-state index in [2.05, 4.69) is 5.32 Å². The number of urea groups is 1. The largest absolute Gasteiger partial charge is 0.340 e. The number of halogens is 2. The third-order valence-corrected chi connectivity index (χ3v) is 6.05. The smallest absolute Gasteiger partial charge is 0.326 e. The first kappa shape index (κ1) is 22.5. The molecular weight excluding hydrogens is 445 g/mol. The summed E-state index contributed by atoms with van der Waals surface area (Å²) in [4.78, 5) is 41.6. The van der Waals surface area contributed by atoms with Crippen molar-refractivity contribution in [1.82, 2.24) is 15.1 Å². The summed E-state index contributed by atoms with van der Waals surface area (Å²) in [5.74, 6) is -1.63. The van der Waals surface area contributed by atoms with Crippen molar-refractivity contribution in [3.8, 4) is 0 Å². The molecule has 6 nitrogen and oxygen atoms in total. The van der Waals surface area contributed by atoms with E-state index in [-0.39, 0.29) is 17.1 Å². The zero-order valence-electron chi connectivity index (χ0n) is 17.8. The molecule has 1 aliphatic heterocycles. The zero-order valence-corrected chi connectivity index (χ0v) is 18.6. The minimum absolute atomic E-state index is 0.101. The van der Waals surface area contributed by atoms with E-state index in [1.165, 1.54) is 30.1 Å². The molecule has 0 radical (unpaired) electrons. The molecule has 8 heteroatoms. The fourth-order valence-corrected chi connectivity index (χ4v) is 4.14. The summed E-state index contributed by atoms with van der Waals surface area (Å²) in [5, 5.41) is 2.99. The van der Waals surface area contributed by atoms with Crippen molar-refractivity contribution in [3.63, 3.8) is 0 Å². The Bertz CT molecular complexity index is 1140. The van der Waals surface area contributed by atoms with Crippen LogP contribution < -0.4 is 5.32 Å². The molecule has 4 rings (SSSR count). The highest BCUT2D eigenvalue weighted by Crippen LogP contribution is 2.36. The van der Waals surface area contributed by atoms with Crippen LogP contribution in [0.2, 0.25) is 5.02 Å². The van der Waals surface area contributed by atoms with Gasteiger partial charge < -0.3 is 10.2 Å². The summed E-state index contributed by atoms with van der Waals surface area (Å²) in [6.45, 7) is -0.592. The first-order valence-corrected chi connectivity index (χ1v) is 10.6. The molecule has 1 N–H and O–H groups in total. The Kier molecular flexibility index (Phi) is 6.16. The molecule has 3 aromatic carbocycles. The number of likely N-dealkylation sites (N-methyl/N-ethyl adjacent to an activating group) is 1. The van der Waals surface area contributed by atoms with Crippen LogP contribution in [0.4, 0.5) is 9.18 Å². The third kappa shape index (κ3) is 4.07. The predicted molar refractivity (Wildman–Crippen MR) is 122 cm³/mol. The van der Waals surface area contributed by atoms with Gasteiger partial charge in [0.25, 0.3) is 5.91 Å². The summed E-state index contributed by atoms with van der Waals surface area (Å²) < 4.78 is 14.1. The topological polar surface area (TPSA) is 69.7 Å². The van der Waals surface area contributed by atoms with Crippen LogP contribution in [0.25, 0.3) is 0 Å². The molecule has 0 aliphatic carbocycles. The SMILES string of the molecule is CN(Cc1c(F)cccc1Cl)C(=O)CN1C(=O)NC(c2ccccc2)(c2ccccc2)C1=O. The number of carbonyl (C=O) groups is 3. The van der Waals surface area contributed by atoms with Crippen LogP contribution in [0, 0.1) is 5.82 Å². The van der Waals surface area contributed by atoms with Gasteiger partial charge in [-0.15, -0.1) is 0 Å². The molecule has 1 fully saturated rings. The average molecular weight is 466 g/mol. The molecule has 168 valence electrons. The molecule has 3 aromatic rings. The molecule has 0 unspecified atom stereocenters. The fourth-order valence-electron chi connectivity index (χ4n) is 3.92.